The summed E-state index contributed by atoms with van der Waals surface area (Å²) in [4.78, 5) is 25.5. The van der Waals surface area contributed by atoms with Gasteiger partial charge in [-0.1, -0.05) is 184 Å². The molecule has 0 bridgehead atoms. The number of rotatable bonds is 36. The zero-order chi connectivity index (χ0) is 63.0. The first kappa shape index (κ1) is 76.5. The molecule has 0 amide bonds. The number of Topliss-reactive ketones (excluding diaryl/α,β-unsaturated/α-hetero) is 2. The van der Waals surface area contributed by atoms with E-state index in [1.54, 1.807) is 13.0 Å². The summed E-state index contributed by atoms with van der Waals surface area (Å²) >= 11 is 0. The summed E-state index contributed by atoms with van der Waals surface area (Å²) in [6.45, 7) is 37.5. The Morgan fingerprint density at radius 2 is 0.810 bits per heavy atom. The number of aliphatic hydroxyl groups is 1. The standard InChI is InChI=1S/C59H90O4.C20H30O/c1-44(2)24-15-25-45(3)26-16-27-46(4)28-17-29-47(5)30-18-31-48(6)32-19-33-49(7)34-20-35-50(8)36-21-37-51(9)38-22-39-52(10)40-23-41-53(11)42-43-55-54(12)56(60)58(62-13)59(63-14)57(55)61;1-16(8-6-9-17(2)13-15-21)11-12-19-18(3)10-7-14-20(19,4)5/h24,26,28,30,32,34,36,38,40,42H,15-23,25,27,29,31,33,35,37,39,41,43H2,1-14H3;6,8-9,11-13,21H,7,10,14-15H2,1-5H3/b45-26+,46-28+,47-30+,48-32+,49-34+,50-36+,51-38+,52-40+,53-42+;9-6+,12-11+,16-8+,17-13+. The van der Waals surface area contributed by atoms with Crippen LogP contribution in [0.1, 0.15) is 259 Å². The van der Waals surface area contributed by atoms with Crippen LogP contribution < -0.4 is 0 Å². The molecule has 5 heteroatoms. The highest BCUT2D eigenvalue weighted by molar-refractivity contribution is 6.23. The Hall–Kier alpha value is -5.52. The van der Waals surface area contributed by atoms with E-state index in [-0.39, 0.29) is 29.7 Å². The van der Waals surface area contributed by atoms with E-state index >= 15 is 0 Å². The van der Waals surface area contributed by atoms with Gasteiger partial charge in [0.1, 0.15) is 0 Å². The molecule has 0 heterocycles. The van der Waals surface area contributed by atoms with E-state index in [2.05, 4.69) is 183 Å². The van der Waals surface area contributed by atoms with Gasteiger partial charge in [0.2, 0.25) is 23.1 Å². The zero-order valence-electron chi connectivity index (χ0n) is 57.1. The van der Waals surface area contributed by atoms with E-state index in [1.165, 1.54) is 125 Å². The van der Waals surface area contributed by atoms with E-state index in [4.69, 9.17) is 14.6 Å². The molecule has 0 spiro atoms. The molecule has 2 rings (SSSR count). The van der Waals surface area contributed by atoms with Gasteiger partial charge >= 0.3 is 0 Å². The maximum Gasteiger partial charge on any atom is 0.228 e. The molecule has 84 heavy (non-hydrogen) atoms. The molecule has 0 atom stereocenters. The number of carbonyl (C=O) groups is 2. The molecule has 0 saturated carbocycles. The number of methoxy groups -OCH3 is 2. The minimum atomic E-state index is -0.284. The van der Waals surface area contributed by atoms with Gasteiger partial charge in [0.15, 0.2) is 0 Å². The first-order valence-corrected chi connectivity index (χ1v) is 32.0. The van der Waals surface area contributed by atoms with Crippen molar-refractivity contribution in [3.63, 3.8) is 0 Å². The van der Waals surface area contributed by atoms with Crippen molar-refractivity contribution < 1.29 is 24.2 Å². The van der Waals surface area contributed by atoms with Gasteiger partial charge in [-0.05, 0) is 256 Å². The molecule has 466 valence electrons. The number of ketones is 2. The second-order valence-electron chi connectivity index (χ2n) is 25.3. The fourth-order valence-electron chi connectivity index (χ4n) is 10.4. The predicted octanol–water partition coefficient (Wildman–Crippen LogP) is 23.4. The van der Waals surface area contributed by atoms with Gasteiger partial charge in [-0.3, -0.25) is 9.59 Å². The molecule has 2 aliphatic rings. The van der Waals surface area contributed by atoms with Crippen molar-refractivity contribution in [3.8, 4) is 0 Å². The minimum Gasteiger partial charge on any atom is -0.489 e. The third-order valence-corrected chi connectivity index (χ3v) is 16.3. The van der Waals surface area contributed by atoms with Gasteiger partial charge in [0.25, 0.3) is 0 Å². The first-order chi connectivity index (χ1) is 39.8. The first-order valence-electron chi connectivity index (χ1n) is 32.0. The fraction of sp³-hybridized carbons (Fsp3) is 0.544. The van der Waals surface area contributed by atoms with E-state index in [0.29, 0.717) is 23.0 Å². The number of aliphatic hydroxyl groups excluding tert-OH is 1. The molecular formula is C79H120O5. The lowest BCUT2D eigenvalue weighted by molar-refractivity contribution is -0.121. The molecule has 1 N–H and O–H groups in total. The smallest absolute Gasteiger partial charge is 0.228 e. The molecule has 0 radical (unpaired) electrons. The summed E-state index contributed by atoms with van der Waals surface area (Å²) in [5, 5.41) is 8.81. The molecule has 5 nitrogen and oxygen atoms in total. The summed E-state index contributed by atoms with van der Waals surface area (Å²) in [5.41, 5.74) is 21.1. The van der Waals surface area contributed by atoms with Crippen LogP contribution in [0.5, 0.6) is 0 Å². The second kappa shape index (κ2) is 44.0. The number of carbonyl (C=O) groups excluding carboxylic acids is 2. The summed E-state index contributed by atoms with van der Waals surface area (Å²) in [5.74, 6) is -0.572. The van der Waals surface area contributed by atoms with E-state index in [0.717, 1.165) is 102 Å². The topological polar surface area (TPSA) is 72.8 Å². The Labute approximate surface area is 516 Å². The lowest BCUT2D eigenvalue weighted by Crippen LogP contribution is -2.24. The number of hydrogen-bond acceptors (Lipinski definition) is 5. The van der Waals surface area contributed by atoms with Crippen molar-refractivity contribution >= 4 is 11.6 Å². The van der Waals surface area contributed by atoms with Crippen LogP contribution >= 0.6 is 0 Å². The Bertz CT molecular complexity index is 2640. The number of ether oxygens (including phenoxy) is 2. The van der Waals surface area contributed by atoms with Crippen LogP contribution in [0, 0.1) is 5.41 Å². The van der Waals surface area contributed by atoms with Crippen LogP contribution in [0.4, 0.5) is 0 Å². The average molecular weight is 1150 g/mol. The average Bonchev–Trinajstić information content (AvgIpc) is 3.59. The zero-order valence-corrected chi connectivity index (χ0v) is 57.1. The molecular weight excluding hydrogens is 1030 g/mol. The second-order valence-corrected chi connectivity index (χ2v) is 25.3. The summed E-state index contributed by atoms with van der Waals surface area (Å²) in [6.07, 6.45) is 60.6. The van der Waals surface area contributed by atoms with Crippen molar-refractivity contribution in [1.82, 2.24) is 0 Å². The van der Waals surface area contributed by atoms with Crippen LogP contribution in [0.25, 0.3) is 0 Å². The third kappa shape index (κ3) is 34.4. The van der Waals surface area contributed by atoms with Gasteiger partial charge in [-0.15, -0.1) is 0 Å². The van der Waals surface area contributed by atoms with Gasteiger partial charge < -0.3 is 14.6 Å². The van der Waals surface area contributed by atoms with E-state index in [1.807, 2.05) is 19.1 Å². The van der Waals surface area contributed by atoms with Crippen molar-refractivity contribution in [2.75, 3.05) is 20.8 Å². The van der Waals surface area contributed by atoms with Crippen LogP contribution in [0.15, 0.2) is 198 Å². The molecule has 0 aromatic heterocycles. The molecule has 0 unspecified atom stereocenters. The summed E-state index contributed by atoms with van der Waals surface area (Å²) < 4.78 is 10.3. The molecule has 0 saturated heterocycles. The SMILES string of the molecule is CC1=C(/C=C/C(C)=C/C=C/C(C)=C/CO)C(C)(C)CCC1.COC1=C(OC)C(=O)C(C/C=C(\C)CC/C=C(\C)CC/C=C(\C)CC/C=C(\C)CC/C=C(\C)CC/C=C(\C)CC/C=C(\C)CC/C=C(\C)CC/C=C(\C)CCC=C(C)C)=C(C)C1=O. The molecule has 0 aromatic rings. The monoisotopic (exact) mass is 1150 g/mol. The van der Waals surface area contributed by atoms with E-state index in [9.17, 15) is 9.59 Å². The Kier molecular flexibility index (Phi) is 40.1. The summed E-state index contributed by atoms with van der Waals surface area (Å²) in [7, 11) is 2.78. The fourth-order valence-corrected chi connectivity index (χ4v) is 10.4. The highest BCUT2D eigenvalue weighted by Crippen LogP contribution is 2.41. The lowest BCUT2D eigenvalue weighted by Gasteiger charge is -2.32. The Morgan fingerprint density at radius 1 is 0.464 bits per heavy atom. The molecule has 0 aliphatic heterocycles. The van der Waals surface area contributed by atoms with Gasteiger partial charge in [-0.25, -0.2) is 0 Å². The maximum absolute atomic E-state index is 12.9. The van der Waals surface area contributed by atoms with E-state index < -0.39 is 0 Å². The minimum absolute atomic E-state index is 0.00667. The van der Waals surface area contributed by atoms with Crippen LogP contribution in [0.2, 0.25) is 0 Å². The predicted molar refractivity (Wildman–Crippen MR) is 368 cm³/mol. The molecule has 2 aliphatic carbocycles. The highest BCUT2D eigenvalue weighted by Gasteiger charge is 2.34. The van der Waals surface area contributed by atoms with Crippen LogP contribution in [0.3, 0.4) is 0 Å². The van der Waals surface area contributed by atoms with Crippen molar-refractivity contribution in [3.05, 3.63) is 198 Å². The van der Waals surface area contributed by atoms with Crippen molar-refractivity contribution in [2.45, 2.75) is 259 Å². The van der Waals surface area contributed by atoms with Gasteiger partial charge in [0.05, 0.1) is 20.8 Å². The number of allylic oxidation sites excluding steroid dienone is 31. The lowest BCUT2D eigenvalue weighted by atomic mass is 9.72. The van der Waals surface area contributed by atoms with Crippen molar-refractivity contribution in [1.29, 1.82) is 0 Å². The largest absolute Gasteiger partial charge is 0.489 e. The quantitative estimate of drug-likeness (QED) is 0.0384. The van der Waals surface area contributed by atoms with Gasteiger partial charge in [0, 0.05) is 11.1 Å². The number of hydrogen-bond donors (Lipinski definition) is 1. The third-order valence-electron chi connectivity index (χ3n) is 16.3. The Balaban J connectivity index is 0.00000140. The normalized spacial score (nSPS) is 17.1. The Morgan fingerprint density at radius 3 is 1.14 bits per heavy atom. The van der Waals surface area contributed by atoms with Crippen LogP contribution in [-0.4, -0.2) is 37.5 Å². The molecule has 0 aromatic carbocycles. The van der Waals surface area contributed by atoms with Crippen molar-refractivity contribution in [2.24, 2.45) is 5.41 Å². The highest BCUT2D eigenvalue weighted by atomic mass is 16.5. The van der Waals surface area contributed by atoms with Crippen LogP contribution in [-0.2, 0) is 19.1 Å². The maximum atomic E-state index is 12.9. The van der Waals surface area contributed by atoms with Gasteiger partial charge in [-0.2, -0.15) is 0 Å². The summed E-state index contributed by atoms with van der Waals surface area (Å²) in [6, 6.07) is 0. The molecule has 0 fully saturated rings.